The van der Waals surface area contributed by atoms with Gasteiger partial charge in [-0.2, -0.15) is 0 Å². The predicted molar refractivity (Wildman–Crippen MR) is 106 cm³/mol. The Bertz CT molecular complexity index is 1040. The van der Waals surface area contributed by atoms with Crippen molar-refractivity contribution in [3.63, 3.8) is 0 Å². The summed E-state index contributed by atoms with van der Waals surface area (Å²) in [5.41, 5.74) is 1.85. The molecule has 1 unspecified atom stereocenters. The van der Waals surface area contributed by atoms with Gasteiger partial charge in [-0.1, -0.05) is 18.2 Å². The molecule has 5 nitrogen and oxygen atoms in total. The van der Waals surface area contributed by atoms with Crippen LogP contribution in [0, 0.1) is 0 Å². The number of rotatable bonds is 3. The molecule has 0 spiro atoms. The molecule has 2 atom stereocenters. The lowest BCUT2D eigenvalue weighted by Gasteiger charge is -2.26. The van der Waals surface area contributed by atoms with Crippen molar-refractivity contribution in [2.24, 2.45) is 0 Å². The van der Waals surface area contributed by atoms with Crippen molar-refractivity contribution in [3.8, 4) is 10.6 Å². The van der Waals surface area contributed by atoms with E-state index >= 15 is 0 Å². The van der Waals surface area contributed by atoms with Crippen LogP contribution in [0.5, 0.6) is 0 Å². The Morgan fingerprint density at radius 1 is 1.15 bits per heavy atom. The van der Waals surface area contributed by atoms with Crippen LogP contribution in [0.4, 0.5) is 5.82 Å². The molecule has 132 valence electrons. The van der Waals surface area contributed by atoms with Gasteiger partial charge in [-0.25, -0.2) is 9.50 Å². The second-order valence-corrected chi connectivity index (χ2v) is 8.03. The Balaban J connectivity index is 1.50. The van der Waals surface area contributed by atoms with Crippen molar-refractivity contribution < 1.29 is 5.11 Å². The summed E-state index contributed by atoms with van der Waals surface area (Å²) in [4.78, 5) is 5.67. The van der Waals surface area contributed by atoms with Gasteiger partial charge in [0.25, 0.3) is 0 Å². The zero-order valence-electron chi connectivity index (χ0n) is 14.3. The highest BCUT2D eigenvalue weighted by Crippen LogP contribution is 2.33. The minimum absolute atomic E-state index is 0.202. The van der Waals surface area contributed by atoms with E-state index in [1.165, 1.54) is 10.1 Å². The minimum Gasteiger partial charge on any atom is -0.393 e. The summed E-state index contributed by atoms with van der Waals surface area (Å²) in [6, 6.07) is 14.8. The Morgan fingerprint density at radius 3 is 2.96 bits per heavy atom. The van der Waals surface area contributed by atoms with Crippen LogP contribution in [0.2, 0.25) is 0 Å². The van der Waals surface area contributed by atoms with Gasteiger partial charge in [-0.05, 0) is 55.3 Å². The van der Waals surface area contributed by atoms with E-state index in [4.69, 9.17) is 5.10 Å². The number of benzene rings is 1. The van der Waals surface area contributed by atoms with Crippen molar-refractivity contribution in [3.05, 3.63) is 48.7 Å². The molecule has 1 aliphatic carbocycles. The maximum absolute atomic E-state index is 9.88. The van der Waals surface area contributed by atoms with Gasteiger partial charge in [-0.3, -0.25) is 0 Å². The predicted octanol–water partition coefficient (Wildman–Crippen LogP) is 4.33. The molecule has 3 aromatic heterocycles. The number of anilines is 1. The molecule has 5 rings (SSSR count). The molecule has 0 radical (unpaired) electrons. The molecule has 3 heterocycles. The summed E-state index contributed by atoms with van der Waals surface area (Å²) in [5, 5.41) is 19.4. The Morgan fingerprint density at radius 2 is 2.08 bits per heavy atom. The third-order valence-corrected chi connectivity index (χ3v) is 6.18. The van der Waals surface area contributed by atoms with Crippen LogP contribution in [0.3, 0.4) is 0 Å². The van der Waals surface area contributed by atoms with E-state index in [0.29, 0.717) is 0 Å². The average Bonchev–Trinajstić information content (AvgIpc) is 3.25. The smallest absolute Gasteiger partial charge is 0.154 e. The Hall–Kier alpha value is -2.44. The van der Waals surface area contributed by atoms with Crippen molar-refractivity contribution in [2.75, 3.05) is 5.32 Å². The zero-order valence-corrected chi connectivity index (χ0v) is 15.1. The molecule has 2 N–H and O–H groups in total. The fourth-order valence-electron chi connectivity index (χ4n) is 3.73. The van der Waals surface area contributed by atoms with E-state index in [0.717, 1.165) is 47.7 Å². The average molecular weight is 364 g/mol. The fraction of sp³-hybridized carbons (Fsp3) is 0.300. The van der Waals surface area contributed by atoms with Crippen molar-refractivity contribution in [2.45, 2.75) is 37.8 Å². The molecule has 1 saturated carbocycles. The SMILES string of the molecule is OC1CCC[C@@H](Nc2ccc3ncc(-c4cc5ccccc5s4)n3n2)C1. The van der Waals surface area contributed by atoms with Gasteiger partial charge in [0, 0.05) is 10.7 Å². The molecule has 1 aromatic carbocycles. The van der Waals surface area contributed by atoms with Crippen LogP contribution in [-0.4, -0.2) is 31.9 Å². The quantitative estimate of drug-likeness (QED) is 0.568. The van der Waals surface area contributed by atoms with Crippen LogP contribution in [0.25, 0.3) is 26.3 Å². The molecule has 26 heavy (non-hydrogen) atoms. The lowest BCUT2D eigenvalue weighted by Crippen LogP contribution is -2.30. The molecule has 4 aromatic rings. The van der Waals surface area contributed by atoms with Gasteiger partial charge in [-0.15, -0.1) is 16.4 Å². The molecule has 0 aliphatic heterocycles. The third-order valence-electron chi connectivity index (χ3n) is 5.04. The molecule has 0 bridgehead atoms. The van der Waals surface area contributed by atoms with Gasteiger partial charge < -0.3 is 10.4 Å². The van der Waals surface area contributed by atoms with Crippen molar-refractivity contribution in [1.82, 2.24) is 14.6 Å². The fourth-order valence-corrected chi connectivity index (χ4v) is 4.79. The van der Waals surface area contributed by atoms with Crippen LogP contribution in [0.15, 0.2) is 48.7 Å². The van der Waals surface area contributed by atoms with Gasteiger partial charge in [0.1, 0.15) is 11.5 Å². The summed E-state index contributed by atoms with van der Waals surface area (Å²) in [7, 11) is 0. The molecule has 0 amide bonds. The molecule has 0 saturated heterocycles. The monoisotopic (exact) mass is 364 g/mol. The number of imidazole rings is 1. The lowest BCUT2D eigenvalue weighted by molar-refractivity contribution is 0.124. The Labute approximate surface area is 155 Å². The first-order valence-electron chi connectivity index (χ1n) is 9.04. The number of nitrogens with one attached hydrogen (secondary N) is 1. The Kier molecular flexibility index (Phi) is 3.87. The number of hydrogen-bond acceptors (Lipinski definition) is 5. The van der Waals surface area contributed by atoms with E-state index in [1.807, 2.05) is 22.8 Å². The van der Waals surface area contributed by atoms with Crippen LogP contribution in [-0.2, 0) is 0 Å². The van der Waals surface area contributed by atoms with Crippen LogP contribution < -0.4 is 5.32 Å². The van der Waals surface area contributed by atoms with Crippen molar-refractivity contribution in [1.29, 1.82) is 0 Å². The molecule has 1 fully saturated rings. The normalized spacial score (nSPS) is 20.7. The third kappa shape index (κ3) is 2.85. The summed E-state index contributed by atoms with van der Waals surface area (Å²) in [6.07, 6.45) is 5.51. The van der Waals surface area contributed by atoms with E-state index < -0.39 is 0 Å². The number of fused-ring (bicyclic) bond motifs is 2. The minimum atomic E-state index is -0.202. The maximum atomic E-state index is 9.88. The summed E-state index contributed by atoms with van der Waals surface area (Å²) in [5.74, 6) is 0.831. The van der Waals surface area contributed by atoms with Crippen LogP contribution in [0.1, 0.15) is 25.7 Å². The number of aliphatic hydroxyl groups is 1. The first-order chi connectivity index (χ1) is 12.8. The highest BCUT2D eigenvalue weighted by molar-refractivity contribution is 7.22. The van der Waals surface area contributed by atoms with Gasteiger partial charge in [0.15, 0.2) is 5.65 Å². The zero-order chi connectivity index (χ0) is 17.5. The topological polar surface area (TPSA) is 62.5 Å². The van der Waals surface area contributed by atoms with Crippen LogP contribution >= 0.6 is 11.3 Å². The molecule has 1 aliphatic rings. The van der Waals surface area contributed by atoms with E-state index in [2.05, 4.69) is 40.6 Å². The van der Waals surface area contributed by atoms with E-state index in [-0.39, 0.29) is 12.1 Å². The summed E-state index contributed by atoms with van der Waals surface area (Å²) >= 11 is 1.76. The van der Waals surface area contributed by atoms with Gasteiger partial charge >= 0.3 is 0 Å². The van der Waals surface area contributed by atoms with Gasteiger partial charge in [0.05, 0.1) is 17.2 Å². The second kappa shape index (κ2) is 6.37. The van der Waals surface area contributed by atoms with E-state index in [9.17, 15) is 5.11 Å². The first-order valence-corrected chi connectivity index (χ1v) is 9.86. The second-order valence-electron chi connectivity index (χ2n) is 6.94. The maximum Gasteiger partial charge on any atom is 0.154 e. The summed E-state index contributed by atoms with van der Waals surface area (Å²) < 4.78 is 3.18. The lowest BCUT2D eigenvalue weighted by atomic mass is 9.93. The number of thiophene rings is 1. The number of hydrogen-bond donors (Lipinski definition) is 2. The first kappa shape index (κ1) is 15.8. The van der Waals surface area contributed by atoms with Crippen molar-refractivity contribution >= 4 is 32.9 Å². The van der Waals surface area contributed by atoms with Gasteiger partial charge in [0.2, 0.25) is 0 Å². The number of aliphatic hydroxyl groups excluding tert-OH is 1. The molecular weight excluding hydrogens is 344 g/mol. The largest absolute Gasteiger partial charge is 0.393 e. The van der Waals surface area contributed by atoms with E-state index in [1.54, 1.807) is 11.3 Å². The standard InChI is InChI=1S/C20H20N4OS/c25-15-6-3-5-14(11-15)22-19-8-9-20-21-12-16(24(20)23-19)18-10-13-4-1-2-7-17(13)26-18/h1-2,4,7-10,12,14-15,25H,3,5-6,11H2,(H,22,23)/t14-,15?/m1/s1. The number of nitrogens with zero attached hydrogens (tertiary/aromatic N) is 3. The highest BCUT2D eigenvalue weighted by atomic mass is 32.1. The molecular formula is C20H20N4OS. The summed E-state index contributed by atoms with van der Waals surface area (Å²) in [6.45, 7) is 0. The number of aromatic nitrogens is 3. The highest BCUT2D eigenvalue weighted by Gasteiger charge is 2.20. The molecule has 6 heteroatoms.